The van der Waals surface area contributed by atoms with Crippen LogP contribution in [0.5, 0.6) is 0 Å². The van der Waals surface area contributed by atoms with Crippen LogP contribution in [0.25, 0.3) is 0 Å². The van der Waals surface area contributed by atoms with Crippen LogP contribution in [0.15, 0.2) is 18.2 Å². The van der Waals surface area contributed by atoms with Gasteiger partial charge in [-0.05, 0) is 49.1 Å². The van der Waals surface area contributed by atoms with Crippen molar-refractivity contribution >= 4 is 34.7 Å². The van der Waals surface area contributed by atoms with E-state index in [1.807, 2.05) is 25.2 Å². The maximum atomic E-state index is 6.23. The van der Waals surface area contributed by atoms with Gasteiger partial charge in [-0.25, -0.2) is 0 Å². The van der Waals surface area contributed by atoms with E-state index in [2.05, 4.69) is 21.8 Å². The van der Waals surface area contributed by atoms with Gasteiger partial charge in [0.2, 0.25) is 0 Å². The predicted molar refractivity (Wildman–Crippen MR) is 81.3 cm³/mol. The molecule has 0 radical (unpaired) electrons. The fourth-order valence-electron chi connectivity index (χ4n) is 1.98. The molecular weight excluding hydrogens is 301 g/mol. The maximum Gasteiger partial charge on any atom is 0.0801 e. The van der Waals surface area contributed by atoms with Gasteiger partial charge in [0.1, 0.15) is 0 Å². The maximum absolute atomic E-state index is 6.23. The second kappa shape index (κ2) is 6.66. The van der Waals surface area contributed by atoms with Crippen molar-refractivity contribution < 1.29 is 0 Å². The fraction of sp³-hybridized carbons (Fsp3) is 0.385. The number of halogens is 2. The van der Waals surface area contributed by atoms with Gasteiger partial charge >= 0.3 is 0 Å². The summed E-state index contributed by atoms with van der Waals surface area (Å²) in [5.74, 6) is 0. The molecule has 3 nitrogen and oxygen atoms in total. The summed E-state index contributed by atoms with van der Waals surface area (Å²) in [6.45, 7) is 2.08. The van der Waals surface area contributed by atoms with Gasteiger partial charge in [0, 0.05) is 16.1 Å². The minimum Gasteiger partial charge on any atom is -0.312 e. The van der Waals surface area contributed by atoms with E-state index < -0.39 is 0 Å². The molecule has 0 fully saturated rings. The minimum atomic E-state index is 0.132. The van der Waals surface area contributed by atoms with Crippen molar-refractivity contribution in [3.05, 3.63) is 44.4 Å². The Morgan fingerprint density at radius 3 is 2.58 bits per heavy atom. The highest BCUT2D eigenvalue weighted by molar-refractivity contribution is 7.05. The molecule has 1 heterocycles. The SMILES string of the molecule is CCc1nnsc1C(Cc1c(Cl)cccc1Cl)NC. The first kappa shape index (κ1) is 14.7. The van der Waals surface area contributed by atoms with Gasteiger partial charge in [-0.15, -0.1) is 5.10 Å². The van der Waals surface area contributed by atoms with E-state index in [0.717, 1.165) is 29.0 Å². The van der Waals surface area contributed by atoms with Crippen LogP contribution in [-0.2, 0) is 12.8 Å². The number of rotatable bonds is 5. The molecule has 0 aliphatic heterocycles. The highest BCUT2D eigenvalue weighted by Gasteiger charge is 2.19. The molecule has 0 amide bonds. The van der Waals surface area contributed by atoms with Crippen molar-refractivity contribution in [3.63, 3.8) is 0 Å². The van der Waals surface area contributed by atoms with Crippen LogP contribution in [0.3, 0.4) is 0 Å². The first-order valence-corrected chi connectivity index (χ1v) is 7.61. The lowest BCUT2D eigenvalue weighted by molar-refractivity contribution is 0.595. The first-order valence-electron chi connectivity index (χ1n) is 6.08. The molecule has 102 valence electrons. The molecule has 1 atom stereocenters. The smallest absolute Gasteiger partial charge is 0.0801 e. The van der Waals surface area contributed by atoms with Crippen LogP contribution in [0.4, 0.5) is 0 Å². The quantitative estimate of drug-likeness (QED) is 0.909. The molecule has 0 aliphatic rings. The molecule has 0 spiro atoms. The number of benzene rings is 1. The Labute approximate surface area is 127 Å². The number of aromatic nitrogens is 2. The van der Waals surface area contributed by atoms with Gasteiger partial charge in [-0.3, -0.25) is 0 Å². The van der Waals surface area contributed by atoms with E-state index in [9.17, 15) is 0 Å². The Morgan fingerprint density at radius 2 is 2.00 bits per heavy atom. The summed E-state index contributed by atoms with van der Waals surface area (Å²) in [5.41, 5.74) is 1.99. The Bertz CT molecular complexity index is 536. The normalized spacial score (nSPS) is 12.6. The molecule has 0 aliphatic carbocycles. The van der Waals surface area contributed by atoms with Gasteiger partial charge in [0.05, 0.1) is 10.6 Å². The topological polar surface area (TPSA) is 37.8 Å². The molecule has 0 bridgehead atoms. The zero-order valence-electron chi connectivity index (χ0n) is 10.8. The molecule has 1 aromatic heterocycles. The van der Waals surface area contributed by atoms with Crippen LogP contribution >= 0.6 is 34.7 Å². The highest BCUT2D eigenvalue weighted by atomic mass is 35.5. The third-order valence-electron chi connectivity index (χ3n) is 3.05. The number of hydrogen-bond donors (Lipinski definition) is 1. The lowest BCUT2D eigenvalue weighted by Crippen LogP contribution is -2.19. The number of nitrogens with one attached hydrogen (secondary N) is 1. The fourth-order valence-corrected chi connectivity index (χ4v) is 3.38. The second-order valence-corrected chi connectivity index (χ2v) is 5.78. The van der Waals surface area contributed by atoms with Crippen LogP contribution in [-0.4, -0.2) is 16.6 Å². The van der Waals surface area contributed by atoms with Gasteiger partial charge < -0.3 is 5.32 Å². The summed E-state index contributed by atoms with van der Waals surface area (Å²) in [7, 11) is 1.93. The summed E-state index contributed by atoms with van der Waals surface area (Å²) < 4.78 is 4.03. The van der Waals surface area contributed by atoms with E-state index in [4.69, 9.17) is 23.2 Å². The molecule has 6 heteroatoms. The average Bonchev–Trinajstić information content (AvgIpc) is 2.87. The lowest BCUT2D eigenvalue weighted by Gasteiger charge is -2.17. The van der Waals surface area contributed by atoms with E-state index >= 15 is 0 Å². The van der Waals surface area contributed by atoms with Crippen LogP contribution in [0.2, 0.25) is 10.0 Å². The average molecular weight is 316 g/mol. The summed E-state index contributed by atoms with van der Waals surface area (Å²) >= 11 is 13.9. The molecule has 1 N–H and O–H groups in total. The number of nitrogens with zero attached hydrogens (tertiary/aromatic N) is 2. The summed E-state index contributed by atoms with van der Waals surface area (Å²) in [6, 6.07) is 5.71. The number of likely N-dealkylation sites (N-methyl/N-ethyl adjacent to an activating group) is 1. The van der Waals surface area contributed by atoms with E-state index in [-0.39, 0.29) is 6.04 Å². The third kappa shape index (κ3) is 3.26. The van der Waals surface area contributed by atoms with Crippen molar-refractivity contribution in [1.29, 1.82) is 0 Å². The van der Waals surface area contributed by atoms with Gasteiger partial charge in [0.25, 0.3) is 0 Å². The Kier molecular flexibility index (Phi) is 5.16. The summed E-state index contributed by atoms with van der Waals surface area (Å²) in [4.78, 5) is 1.15. The molecular formula is C13H15Cl2N3S. The van der Waals surface area contributed by atoms with Gasteiger partial charge in [-0.1, -0.05) is 40.7 Å². The summed E-state index contributed by atoms with van der Waals surface area (Å²) in [5, 5.41) is 8.84. The van der Waals surface area contributed by atoms with Crippen molar-refractivity contribution in [3.8, 4) is 0 Å². The molecule has 2 aromatic rings. The monoisotopic (exact) mass is 315 g/mol. The number of hydrogen-bond acceptors (Lipinski definition) is 4. The molecule has 0 saturated heterocycles. The van der Waals surface area contributed by atoms with Crippen LogP contribution in [0.1, 0.15) is 29.1 Å². The van der Waals surface area contributed by atoms with Gasteiger partial charge in [0.15, 0.2) is 0 Å². The summed E-state index contributed by atoms with van der Waals surface area (Å²) in [6.07, 6.45) is 1.60. The molecule has 2 rings (SSSR count). The predicted octanol–water partition coefficient (Wildman–Crippen LogP) is 3.91. The van der Waals surface area contributed by atoms with Crippen molar-refractivity contribution in [1.82, 2.24) is 14.9 Å². The molecule has 1 unspecified atom stereocenters. The zero-order chi connectivity index (χ0) is 13.8. The highest BCUT2D eigenvalue weighted by Crippen LogP contribution is 2.31. The van der Waals surface area contributed by atoms with Crippen molar-refractivity contribution in [2.45, 2.75) is 25.8 Å². The van der Waals surface area contributed by atoms with E-state index in [0.29, 0.717) is 10.0 Å². The van der Waals surface area contributed by atoms with E-state index in [1.165, 1.54) is 11.5 Å². The van der Waals surface area contributed by atoms with Crippen LogP contribution in [0, 0.1) is 0 Å². The Balaban J connectivity index is 2.29. The van der Waals surface area contributed by atoms with E-state index in [1.54, 1.807) is 0 Å². The minimum absolute atomic E-state index is 0.132. The first-order chi connectivity index (χ1) is 9.17. The Morgan fingerprint density at radius 1 is 1.32 bits per heavy atom. The van der Waals surface area contributed by atoms with Crippen molar-refractivity contribution in [2.24, 2.45) is 0 Å². The van der Waals surface area contributed by atoms with Crippen LogP contribution < -0.4 is 5.32 Å². The molecule has 19 heavy (non-hydrogen) atoms. The van der Waals surface area contributed by atoms with Gasteiger partial charge in [-0.2, -0.15) is 0 Å². The zero-order valence-corrected chi connectivity index (χ0v) is 13.1. The molecule has 0 saturated carbocycles. The standard InChI is InChI=1S/C13H15Cl2N3S/c1-3-11-13(19-18-17-11)12(16-2)7-8-9(14)5-4-6-10(8)15/h4-6,12,16H,3,7H2,1-2H3. The lowest BCUT2D eigenvalue weighted by atomic mass is 10.0. The second-order valence-electron chi connectivity index (χ2n) is 4.18. The third-order valence-corrected chi connectivity index (χ3v) is 4.64. The molecule has 1 aromatic carbocycles. The largest absolute Gasteiger partial charge is 0.312 e. The Hall–Kier alpha value is -0.680. The number of aryl methyl sites for hydroxylation is 1. The van der Waals surface area contributed by atoms with Crippen molar-refractivity contribution in [2.75, 3.05) is 7.05 Å².